The lowest BCUT2D eigenvalue weighted by Crippen LogP contribution is -2.43. The molecule has 0 aliphatic heterocycles. The molecule has 0 saturated heterocycles. The Labute approximate surface area is 187 Å². The molecule has 2 atom stereocenters. The zero-order chi connectivity index (χ0) is 24.0. The summed E-state index contributed by atoms with van der Waals surface area (Å²) >= 11 is 0. The van der Waals surface area contributed by atoms with E-state index in [9.17, 15) is 9.59 Å². The molecule has 1 aromatic carbocycles. The van der Waals surface area contributed by atoms with Crippen LogP contribution in [0.5, 0.6) is 0 Å². The van der Waals surface area contributed by atoms with E-state index in [0.717, 1.165) is 5.56 Å². The van der Waals surface area contributed by atoms with Crippen molar-refractivity contribution in [2.75, 3.05) is 13.1 Å². The van der Waals surface area contributed by atoms with Crippen LogP contribution in [0.3, 0.4) is 0 Å². The van der Waals surface area contributed by atoms with Gasteiger partial charge in [-0.2, -0.15) is 0 Å². The lowest BCUT2D eigenvalue weighted by Gasteiger charge is -2.21. The fourth-order valence-corrected chi connectivity index (χ4v) is 2.16. The van der Waals surface area contributed by atoms with Gasteiger partial charge < -0.3 is 31.6 Å². The summed E-state index contributed by atoms with van der Waals surface area (Å²) in [4.78, 5) is 22.7. The molecule has 0 heterocycles. The third-order valence-electron chi connectivity index (χ3n) is 4.31. The van der Waals surface area contributed by atoms with Gasteiger partial charge in [0, 0.05) is 25.2 Å². The van der Waals surface area contributed by atoms with Crippen LogP contribution >= 0.6 is 0 Å². The third kappa shape index (κ3) is 15.2. The van der Waals surface area contributed by atoms with Crippen molar-refractivity contribution < 1.29 is 19.1 Å². The van der Waals surface area contributed by atoms with E-state index in [4.69, 9.17) is 20.9 Å². The molecule has 0 aliphatic carbocycles. The van der Waals surface area contributed by atoms with Gasteiger partial charge in [-0.25, -0.2) is 9.59 Å². The van der Waals surface area contributed by atoms with Gasteiger partial charge >= 0.3 is 12.2 Å². The van der Waals surface area contributed by atoms with Gasteiger partial charge in [0.2, 0.25) is 0 Å². The second-order valence-corrected chi connectivity index (χ2v) is 9.08. The molecule has 0 spiro atoms. The molecule has 31 heavy (non-hydrogen) atoms. The summed E-state index contributed by atoms with van der Waals surface area (Å²) in [5.74, 6) is 0.647. The van der Waals surface area contributed by atoms with Gasteiger partial charge in [0.1, 0.15) is 12.2 Å². The Morgan fingerprint density at radius 3 is 2.03 bits per heavy atom. The second kappa shape index (κ2) is 14.6. The molecule has 1 aromatic rings. The Kier molecular flexibility index (Phi) is 13.5. The number of amides is 2. The molecule has 2 amide bonds. The number of alkyl carbamates (subject to hydrolysis) is 2. The molecule has 0 unspecified atom stereocenters. The Morgan fingerprint density at radius 2 is 1.58 bits per heavy atom. The predicted octanol–water partition coefficient (Wildman–Crippen LogP) is 3.39. The largest absolute Gasteiger partial charge is 0.445 e. The number of ether oxygens (including phenoxy) is 2. The topological polar surface area (TPSA) is 129 Å². The molecule has 8 heteroatoms. The van der Waals surface area contributed by atoms with Gasteiger partial charge in [-0.15, -0.1) is 0 Å². The van der Waals surface area contributed by atoms with E-state index in [-0.39, 0.29) is 18.7 Å². The van der Waals surface area contributed by atoms with E-state index in [1.54, 1.807) is 0 Å². The first-order valence-corrected chi connectivity index (χ1v) is 10.7. The first-order valence-electron chi connectivity index (χ1n) is 10.7. The van der Waals surface area contributed by atoms with E-state index in [1.807, 2.05) is 78.8 Å². The lowest BCUT2D eigenvalue weighted by atomic mass is 10.1. The molecule has 8 nitrogen and oxygen atoms in total. The zero-order valence-electron chi connectivity index (χ0n) is 20.1. The van der Waals surface area contributed by atoms with Gasteiger partial charge in [-0.05, 0) is 38.2 Å². The van der Waals surface area contributed by atoms with Crippen molar-refractivity contribution in [2.45, 2.75) is 72.8 Å². The van der Waals surface area contributed by atoms with Crippen molar-refractivity contribution >= 4 is 12.2 Å². The number of carbonyl (C=O) groups excluding carboxylic acids is 2. The summed E-state index contributed by atoms with van der Waals surface area (Å²) in [6.45, 7) is 14.7. The average molecular weight is 439 g/mol. The minimum Gasteiger partial charge on any atom is -0.445 e. The van der Waals surface area contributed by atoms with Crippen LogP contribution in [0.4, 0.5) is 9.59 Å². The van der Waals surface area contributed by atoms with Crippen LogP contribution < -0.4 is 22.1 Å². The highest BCUT2D eigenvalue weighted by Crippen LogP contribution is 2.06. The maximum Gasteiger partial charge on any atom is 0.407 e. The monoisotopic (exact) mass is 438 g/mol. The molecule has 0 bridgehead atoms. The highest BCUT2D eigenvalue weighted by molar-refractivity contribution is 5.68. The lowest BCUT2D eigenvalue weighted by molar-refractivity contribution is 0.0522. The highest BCUT2D eigenvalue weighted by Gasteiger charge is 2.17. The van der Waals surface area contributed by atoms with Crippen LogP contribution in [0, 0.1) is 11.8 Å². The maximum atomic E-state index is 11.5. The first kappa shape index (κ1) is 28.7. The van der Waals surface area contributed by atoms with Gasteiger partial charge in [-0.3, -0.25) is 0 Å². The number of hydrogen-bond acceptors (Lipinski definition) is 6. The number of benzene rings is 1. The normalized spacial score (nSPS) is 13.0. The van der Waals surface area contributed by atoms with Gasteiger partial charge in [0.15, 0.2) is 0 Å². The maximum absolute atomic E-state index is 11.5. The molecule has 0 saturated carbocycles. The average Bonchev–Trinajstić information content (AvgIpc) is 2.68. The summed E-state index contributed by atoms with van der Waals surface area (Å²) in [6.07, 6.45) is -0.827. The summed E-state index contributed by atoms with van der Waals surface area (Å²) in [5.41, 5.74) is 11.8. The Balaban J connectivity index is 0.000000594. The Bertz CT molecular complexity index is 630. The van der Waals surface area contributed by atoms with Crippen LogP contribution in [-0.2, 0) is 16.1 Å². The first-order chi connectivity index (χ1) is 14.4. The third-order valence-corrected chi connectivity index (χ3v) is 4.31. The number of rotatable bonds is 8. The number of carbonyl (C=O) groups is 2. The summed E-state index contributed by atoms with van der Waals surface area (Å²) < 4.78 is 10.2. The quantitative estimate of drug-likeness (QED) is 0.492. The molecule has 6 N–H and O–H groups in total. The van der Waals surface area contributed by atoms with Gasteiger partial charge in [0.25, 0.3) is 0 Å². The van der Waals surface area contributed by atoms with Gasteiger partial charge in [0.05, 0.1) is 0 Å². The minimum absolute atomic E-state index is 0.0254. The standard InChI is InChI=1S/C13H20N2O2.C10H22N2O2/c1-10(2)12(8-14)15-13(16)17-9-11-6-4-3-5-7-11;1-7(2)8(11)6-12-9(13)14-10(3,4)5/h3-7,10,12H,8-9,14H2,1-2H3,(H,15,16);7-8H,6,11H2,1-5H3,(H,12,13)/t12-;8-/m11/s1. The number of hydrogen-bond donors (Lipinski definition) is 4. The van der Waals surface area contributed by atoms with Crippen molar-refractivity contribution in [3.8, 4) is 0 Å². The molecule has 0 fully saturated rings. The van der Waals surface area contributed by atoms with Crippen molar-refractivity contribution in [3.05, 3.63) is 35.9 Å². The molecule has 178 valence electrons. The van der Waals surface area contributed by atoms with Crippen LogP contribution in [0.15, 0.2) is 30.3 Å². The minimum atomic E-state index is -0.452. The SMILES string of the molecule is CC(C)[C@@H](CN)NC(=O)OCc1ccccc1.CC(C)[C@H](N)CNC(=O)OC(C)(C)C. The van der Waals surface area contributed by atoms with Crippen molar-refractivity contribution in [2.24, 2.45) is 23.3 Å². The fraction of sp³-hybridized carbons (Fsp3) is 0.652. The molecular weight excluding hydrogens is 396 g/mol. The van der Waals surface area contributed by atoms with Gasteiger partial charge in [-0.1, -0.05) is 58.0 Å². The number of nitrogens with one attached hydrogen (secondary N) is 2. The Hall–Kier alpha value is -2.32. The zero-order valence-corrected chi connectivity index (χ0v) is 20.1. The van der Waals surface area contributed by atoms with E-state index in [1.165, 1.54) is 0 Å². The highest BCUT2D eigenvalue weighted by atomic mass is 16.6. The summed E-state index contributed by atoms with van der Waals surface area (Å²) in [7, 11) is 0. The van der Waals surface area contributed by atoms with Crippen molar-refractivity contribution in [3.63, 3.8) is 0 Å². The predicted molar refractivity (Wildman–Crippen MR) is 124 cm³/mol. The van der Waals surface area contributed by atoms with Crippen LogP contribution in [0.2, 0.25) is 0 Å². The summed E-state index contributed by atoms with van der Waals surface area (Å²) in [6, 6.07) is 9.50. The molecule has 0 aliphatic rings. The number of nitrogens with two attached hydrogens (primary N) is 2. The van der Waals surface area contributed by atoms with Crippen molar-refractivity contribution in [1.82, 2.24) is 10.6 Å². The second-order valence-electron chi connectivity index (χ2n) is 9.08. The molecular formula is C23H42N4O4. The van der Waals surface area contributed by atoms with E-state index >= 15 is 0 Å². The van der Waals surface area contributed by atoms with Crippen molar-refractivity contribution in [1.29, 1.82) is 0 Å². The Morgan fingerprint density at radius 1 is 1.00 bits per heavy atom. The molecule has 1 rings (SSSR count). The summed E-state index contributed by atoms with van der Waals surface area (Å²) in [5, 5.41) is 5.38. The van der Waals surface area contributed by atoms with Crippen LogP contribution in [0.25, 0.3) is 0 Å². The van der Waals surface area contributed by atoms with E-state index in [0.29, 0.717) is 24.9 Å². The van der Waals surface area contributed by atoms with Crippen LogP contribution in [-0.4, -0.2) is 43.0 Å². The van der Waals surface area contributed by atoms with E-state index in [2.05, 4.69) is 10.6 Å². The molecule has 0 radical (unpaired) electrons. The smallest absolute Gasteiger partial charge is 0.407 e. The fourth-order valence-electron chi connectivity index (χ4n) is 2.16. The molecule has 0 aromatic heterocycles. The van der Waals surface area contributed by atoms with E-state index < -0.39 is 17.8 Å². The van der Waals surface area contributed by atoms with Crippen LogP contribution in [0.1, 0.15) is 54.0 Å².